The van der Waals surface area contributed by atoms with Crippen molar-refractivity contribution in [1.82, 2.24) is 0 Å². The Bertz CT molecular complexity index is 422. The zero-order chi connectivity index (χ0) is 13.3. The molecular formula is C13H19ClO2Si. The third-order valence-corrected chi connectivity index (χ3v) is 7.97. The molecule has 0 fully saturated rings. The average Bonchev–Trinajstić information content (AvgIpc) is 2.15. The van der Waals surface area contributed by atoms with Crippen LogP contribution in [0.1, 0.15) is 31.1 Å². The lowest BCUT2D eigenvalue weighted by Crippen LogP contribution is -2.44. The molecule has 0 bridgehead atoms. The van der Waals surface area contributed by atoms with E-state index in [1.54, 1.807) is 18.2 Å². The van der Waals surface area contributed by atoms with Crippen LogP contribution in [0.15, 0.2) is 18.2 Å². The predicted molar refractivity (Wildman–Crippen MR) is 74.7 cm³/mol. The van der Waals surface area contributed by atoms with Gasteiger partial charge in [-0.2, -0.15) is 0 Å². The molecule has 1 aromatic carbocycles. The van der Waals surface area contributed by atoms with Crippen LogP contribution in [0, 0.1) is 0 Å². The molecule has 0 amide bonds. The van der Waals surface area contributed by atoms with E-state index in [0.717, 1.165) is 6.29 Å². The van der Waals surface area contributed by atoms with E-state index in [0.29, 0.717) is 16.3 Å². The van der Waals surface area contributed by atoms with E-state index in [9.17, 15) is 4.79 Å². The molecule has 0 radical (unpaired) electrons. The van der Waals surface area contributed by atoms with E-state index < -0.39 is 8.32 Å². The fourth-order valence-electron chi connectivity index (χ4n) is 1.15. The fraction of sp³-hybridized carbons (Fsp3) is 0.462. The van der Waals surface area contributed by atoms with Gasteiger partial charge in [0.2, 0.25) is 0 Å². The number of benzene rings is 1. The van der Waals surface area contributed by atoms with Gasteiger partial charge >= 0.3 is 0 Å². The monoisotopic (exact) mass is 270 g/mol. The van der Waals surface area contributed by atoms with Gasteiger partial charge in [0.15, 0.2) is 6.29 Å². The number of carbonyl (C=O) groups excluding carboxylic acids is 1. The second-order valence-corrected chi connectivity index (χ2v) is 10.8. The lowest BCUT2D eigenvalue weighted by Gasteiger charge is -2.36. The van der Waals surface area contributed by atoms with E-state index in [1.165, 1.54) is 0 Å². The summed E-state index contributed by atoms with van der Waals surface area (Å²) in [4.78, 5) is 11.0. The molecule has 0 aliphatic carbocycles. The van der Waals surface area contributed by atoms with Gasteiger partial charge in [-0.1, -0.05) is 38.4 Å². The number of carbonyl (C=O) groups is 1. The first-order valence-electron chi connectivity index (χ1n) is 5.62. The van der Waals surface area contributed by atoms with Gasteiger partial charge in [0, 0.05) is 0 Å². The summed E-state index contributed by atoms with van der Waals surface area (Å²) in [5, 5.41) is 0.534. The fourth-order valence-corrected chi connectivity index (χ4v) is 2.39. The van der Waals surface area contributed by atoms with Crippen LogP contribution in [0.25, 0.3) is 0 Å². The summed E-state index contributed by atoms with van der Waals surface area (Å²) in [6, 6.07) is 5.30. The average molecular weight is 271 g/mol. The topological polar surface area (TPSA) is 26.3 Å². The molecule has 0 N–H and O–H groups in total. The van der Waals surface area contributed by atoms with Gasteiger partial charge in [0.05, 0.1) is 10.6 Å². The van der Waals surface area contributed by atoms with Gasteiger partial charge in [0.1, 0.15) is 5.75 Å². The van der Waals surface area contributed by atoms with Crippen molar-refractivity contribution >= 4 is 26.2 Å². The number of aldehydes is 1. The van der Waals surface area contributed by atoms with Crippen molar-refractivity contribution in [3.63, 3.8) is 0 Å². The van der Waals surface area contributed by atoms with Gasteiger partial charge in [-0.3, -0.25) is 4.79 Å². The van der Waals surface area contributed by atoms with Crippen LogP contribution < -0.4 is 4.43 Å². The van der Waals surface area contributed by atoms with E-state index >= 15 is 0 Å². The number of hydrogen-bond donors (Lipinski definition) is 0. The van der Waals surface area contributed by atoms with E-state index in [-0.39, 0.29) is 5.04 Å². The summed E-state index contributed by atoms with van der Waals surface area (Å²) < 4.78 is 6.09. The summed E-state index contributed by atoms with van der Waals surface area (Å²) in [5.74, 6) is 0.596. The first-order valence-corrected chi connectivity index (χ1v) is 8.90. The molecule has 17 heavy (non-hydrogen) atoms. The summed E-state index contributed by atoms with van der Waals surface area (Å²) in [5.41, 5.74) is 0.444. The molecule has 4 heteroatoms. The standard InChI is InChI=1S/C13H19ClO2Si/c1-13(2,3)17(4,5)16-12-8-6-7-11(14)10(12)9-15/h6-9H,1-5H3. The molecule has 2 nitrogen and oxygen atoms in total. The SMILES string of the molecule is CC(C)(C)[Si](C)(C)Oc1cccc(Cl)c1C=O. The van der Waals surface area contributed by atoms with Crippen molar-refractivity contribution in [1.29, 1.82) is 0 Å². The molecule has 0 heterocycles. The second kappa shape index (κ2) is 4.82. The Kier molecular flexibility index (Phi) is 4.05. The van der Waals surface area contributed by atoms with Crippen molar-refractivity contribution in [2.24, 2.45) is 0 Å². The van der Waals surface area contributed by atoms with Crippen molar-refractivity contribution in [2.75, 3.05) is 0 Å². The van der Waals surface area contributed by atoms with E-state index in [2.05, 4.69) is 33.9 Å². The molecule has 0 saturated carbocycles. The zero-order valence-corrected chi connectivity index (χ0v) is 12.8. The van der Waals surface area contributed by atoms with Gasteiger partial charge in [-0.05, 0) is 30.3 Å². The second-order valence-electron chi connectivity index (χ2n) is 5.63. The summed E-state index contributed by atoms with van der Waals surface area (Å²) in [7, 11) is -1.93. The first kappa shape index (κ1) is 14.3. The van der Waals surface area contributed by atoms with E-state index in [4.69, 9.17) is 16.0 Å². The zero-order valence-electron chi connectivity index (χ0n) is 11.0. The van der Waals surface area contributed by atoms with Gasteiger partial charge in [-0.15, -0.1) is 0 Å². The lowest BCUT2D eigenvalue weighted by atomic mass is 10.2. The highest BCUT2D eigenvalue weighted by Gasteiger charge is 2.39. The number of hydrogen-bond acceptors (Lipinski definition) is 2. The summed E-state index contributed by atoms with van der Waals surface area (Å²) in [6.07, 6.45) is 0.755. The van der Waals surface area contributed by atoms with E-state index in [1.807, 2.05) is 0 Å². The molecule has 0 aliphatic rings. The van der Waals surface area contributed by atoms with Crippen molar-refractivity contribution in [3.8, 4) is 5.75 Å². The van der Waals surface area contributed by atoms with Crippen molar-refractivity contribution in [2.45, 2.75) is 38.9 Å². The molecule has 0 atom stereocenters. The Hall–Kier alpha value is -0.803. The van der Waals surface area contributed by atoms with Crippen LogP contribution in [0.2, 0.25) is 23.2 Å². The Labute approximate surface area is 109 Å². The maximum absolute atomic E-state index is 11.0. The lowest BCUT2D eigenvalue weighted by molar-refractivity contribution is 0.112. The van der Waals surface area contributed by atoms with Crippen LogP contribution in [0.3, 0.4) is 0 Å². The highest BCUT2D eigenvalue weighted by molar-refractivity contribution is 6.74. The van der Waals surface area contributed by atoms with Gasteiger partial charge in [-0.25, -0.2) is 0 Å². The molecule has 0 aliphatic heterocycles. The van der Waals surface area contributed by atoms with Gasteiger partial charge in [0.25, 0.3) is 8.32 Å². The van der Waals surface area contributed by atoms with Crippen LogP contribution in [-0.2, 0) is 0 Å². The van der Waals surface area contributed by atoms with Crippen LogP contribution in [0.4, 0.5) is 0 Å². The predicted octanol–water partition coefficient (Wildman–Crippen LogP) is 4.54. The Morgan fingerprint density at radius 2 is 1.88 bits per heavy atom. The maximum Gasteiger partial charge on any atom is 0.250 e. The quantitative estimate of drug-likeness (QED) is 0.596. The van der Waals surface area contributed by atoms with Crippen LogP contribution >= 0.6 is 11.6 Å². The molecular weight excluding hydrogens is 252 g/mol. The van der Waals surface area contributed by atoms with Gasteiger partial charge < -0.3 is 4.43 Å². The van der Waals surface area contributed by atoms with Crippen molar-refractivity contribution < 1.29 is 9.22 Å². The highest BCUT2D eigenvalue weighted by Crippen LogP contribution is 2.38. The molecule has 0 saturated heterocycles. The first-order chi connectivity index (χ1) is 7.69. The summed E-state index contributed by atoms with van der Waals surface area (Å²) in [6.45, 7) is 10.8. The largest absolute Gasteiger partial charge is 0.543 e. The Balaban J connectivity index is 3.12. The maximum atomic E-state index is 11.0. The minimum absolute atomic E-state index is 0.0927. The smallest absolute Gasteiger partial charge is 0.250 e. The van der Waals surface area contributed by atoms with Crippen LogP contribution in [0.5, 0.6) is 5.75 Å². The van der Waals surface area contributed by atoms with Crippen molar-refractivity contribution in [3.05, 3.63) is 28.8 Å². The Morgan fingerprint density at radius 1 is 1.29 bits per heavy atom. The molecule has 94 valence electrons. The molecule has 0 aromatic heterocycles. The number of halogens is 1. The third kappa shape index (κ3) is 3.10. The number of rotatable bonds is 3. The summed E-state index contributed by atoms with van der Waals surface area (Å²) >= 11 is 5.98. The normalized spacial score (nSPS) is 12.4. The van der Waals surface area contributed by atoms with Crippen LogP contribution in [-0.4, -0.2) is 14.6 Å². The molecule has 0 spiro atoms. The highest BCUT2D eigenvalue weighted by atomic mass is 35.5. The molecule has 1 rings (SSSR count). The Morgan fingerprint density at radius 3 is 2.35 bits per heavy atom. The minimum atomic E-state index is -1.93. The minimum Gasteiger partial charge on any atom is -0.543 e. The molecule has 1 aromatic rings. The third-order valence-electron chi connectivity index (χ3n) is 3.30. The molecule has 0 unspecified atom stereocenters.